The normalized spacial score (nSPS) is 11.7. The molecule has 2 rings (SSSR count). The van der Waals surface area contributed by atoms with Crippen LogP contribution >= 0.6 is 11.6 Å². The van der Waals surface area contributed by atoms with Gasteiger partial charge in [-0.25, -0.2) is 0 Å². The number of anilines is 1. The lowest BCUT2D eigenvalue weighted by Gasteiger charge is -2.15. The number of carbonyl (C=O) groups excluding carboxylic acids is 1. The van der Waals surface area contributed by atoms with E-state index >= 15 is 0 Å². The maximum Gasteiger partial charge on any atom is 0.303 e. The van der Waals surface area contributed by atoms with Crippen molar-refractivity contribution in [1.82, 2.24) is 0 Å². The molecule has 0 aromatic heterocycles. The highest BCUT2D eigenvalue weighted by Gasteiger charge is 2.19. The SMILES string of the molecule is Cc1ccc(NC(=O)C[C@H](CC(=O)O)c2ccccc2)cc1Cl. The quantitative estimate of drug-likeness (QED) is 0.832. The van der Waals surface area contributed by atoms with Gasteiger partial charge in [-0.3, -0.25) is 9.59 Å². The van der Waals surface area contributed by atoms with Crippen molar-refractivity contribution in [1.29, 1.82) is 0 Å². The van der Waals surface area contributed by atoms with E-state index in [2.05, 4.69) is 5.32 Å². The number of carboxylic acids is 1. The summed E-state index contributed by atoms with van der Waals surface area (Å²) in [6, 6.07) is 14.5. The highest BCUT2D eigenvalue weighted by atomic mass is 35.5. The van der Waals surface area contributed by atoms with Gasteiger partial charge in [-0.1, -0.05) is 48.0 Å². The molecule has 0 aliphatic carbocycles. The van der Waals surface area contributed by atoms with Crippen molar-refractivity contribution in [2.45, 2.75) is 25.7 Å². The van der Waals surface area contributed by atoms with Crippen LogP contribution in [0.4, 0.5) is 5.69 Å². The molecule has 23 heavy (non-hydrogen) atoms. The molecule has 2 aromatic rings. The molecule has 1 atom stereocenters. The Bertz CT molecular complexity index is 701. The predicted molar refractivity (Wildman–Crippen MR) is 90.9 cm³/mol. The largest absolute Gasteiger partial charge is 0.481 e. The number of carboxylic acid groups (broad SMARTS) is 1. The lowest BCUT2D eigenvalue weighted by Crippen LogP contribution is -2.17. The number of halogens is 1. The maximum atomic E-state index is 12.2. The Kier molecular flexibility index (Phi) is 5.77. The molecular formula is C18H18ClNO3. The van der Waals surface area contributed by atoms with Crippen LogP contribution in [0.3, 0.4) is 0 Å². The molecule has 2 N–H and O–H groups in total. The average Bonchev–Trinajstić information content (AvgIpc) is 2.51. The van der Waals surface area contributed by atoms with Gasteiger partial charge in [-0.15, -0.1) is 0 Å². The summed E-state index contributed by atoms with van der Waals surface area (Å²) in [5, 5.41) is 12.4. The Hall–Kier alpha value is -2.33. The van der Waals surface area contributed by atoms with Crippen LogP contribution in [0.25, 0.3) is 0 Å². The second-order valence-electron chi connectivity index (χ2n) is 5.42. The average molecular weight is 332 g/mol. The van der Waals surface area contributed by atoms with Crippen molar-refractivity contribution in [3.8, 4) is 0 Å². The molecule has 120 valence electrons. The van der Waals surface area contributed by atoms with Gasteiger partial charge in [0.15, 0.2) is 0 Å². The summed E-state index contributed by atoms with van der Waals surface area (Å²) in [6.07, 6.45) is 0.00783. The Labute approximate surface area is 140 Å². The molecular weight excluding hydrogens is 314 g/mol. The molecule has 0 unspecified atom stereocenters. The van der Waals surface area contributed by atoms with Crippen molar-refractivity contribution in [3.63, 3.8) is 0 Å². The van der Waals surface area contributed by atoms with Crippen LogP contribution in [0.5, 0.6) is 0 Å². The Balaban J connectivity index is 2.08. The first-order valence-electron chi connectivity index (χ1n) is 7.28. The van der Waals surface area contributed by atoms with Crippen LogP contribution < -0.4 is 5.32 Å². The fourth-order valence-electron chi connectivity index (χ4n) is 2.35. The molecule has 0 heterocycles. The minimum atomic E-state index is -0.926. The van der Waals surface area contributed by atoms with E-state index in [0.29, 0.717) is 10.7 Å². The van der Waals surface area contributed by atoms with Crippen LogP contribution in [0, 0.1) is 6.92 Å². The minimum Gasteiger partial charge on any atom is -0.481 e. The monoisotopic (exact) mass is 331 g/mol. The molecule has 0 fully saturated rings. The van der Waals surface area contributed by atoms with E-state index in [0.717, 1.165) is 11.1 Å². The second kappa shape index (κ2) is 7.79. The van der Waals surface area contributed by atoms with Gasteiger partial charge in [0, 0.05) is 23.0 Å². The summed E-state index contributed by atoms with van der Waals surface area (Å²) in [4.78, 5) is 23.3. The number of hydrogen-bond acceptors (Lipinski definition) is 2. The number of amides is 1. The smallest absolute Gasteiger partial charge is 0.303 e. The Morgan fingerprint density at radius 2 is 1.83 bits per heavy atom. The predicted octanol–water partition coefficient (Wildman–Crippen LogP) is 4.24. The molecule has 1 amide bonds. The zero-order valence-corrected chi connectivity index (χ0v) is 13.5. The fourth-order valence-corrected chi connectivity index (χ4v) is 2.53. The van der Waals surface area contributed by atoms with Crippen LogP contribution in [0.2, 0.25) is 5.02 Å². The number of carbonyl (C=O) groups is 2. The van der Waals surface area contributed by atoms with E-state index in [9.17, 15) is 9.59 Å². The summed E-state index contributed by atoms with van der Waals surface area (Å²) < 4.78 is 0. The van der Waals surface area contributed by atoms with Gasteiger partial charge in [0.25, 0.3) is 0 Å². The number of benzene rings is 2. The van der Waals surface area contributed by atoms with Crippen LogP contribution in [0.1, 0.15) is 29.9 Å². The molecule has 0 saturated carbocycles. The van der Waals surface area contributed by atoms with Crippen molar-refractivity contribution in [2.24, 2.45) is 0 Å². The van der Waals surface area contributed by atoms with Crippen LogP contribution in [-0.4, -0.2) is 17.0 Å². The maximum absolute atomic E-state index is 12.2. The molecule has 0 aliphatic rings. The minimum absolute atomic E-state index is 0.0912. The third-order valence-corrected chi connectivity index (χ3v) is 3.99. The van der Waals surface area contributed by atoms with Gasteiger partial charge < -0.3 is 10.4 Å². The number of nitrogens with one attached hydrogen (secondary N) is 1. The fraction of sp³-hybridized carbons (Fsp3) is 0.222. The molecule has 0 spiro atoms. The first kappa shape index (κ1) is 17.0. The van der Waals surface area contributed by atoms with Crippen molar-refractivity contribution < 1.29 is 14.7 Å². The van der Waals surface area contributed by atoms with Crippen LogP contribution in [0.15, 0.2) is 48.5 Å². The molecule has 0 aliphatic heterocycles. The Morgan fingerprint density at radius 3 is 2.43 bits per heavy atom. The zero-order valence-electron chi connectivity index (χ0n) is 12.8. The third-order valence-electron chi connectivity index (χ3n) is 3.58. The lowest BCUT2D eigenvalue weighted by molar-refractivity contribution is -0.137. The molecule has 0 radical (unpaired) electrons. The Morgan fingerprint density at radius 1 is 1.13 bits per heavy atom. The topological polar surface area (TPSA) is 66.4 Å². The van der Waals surface area contributed by atoms with Crippen molar-refractivity contribution in [3.05, 3.63) is 64.7 Å². The molecule has 5 heteroatoms. The van der Waals surface area contributed by atoms with E-state index in [-0.39, 0.29) is 24.7 Å². The first-order chi connectivity index (χ1) is 11.0. The summed E-state index contributed by atoms with van der Waals surface area (Å²) >= 11 is 6.04. The first-order valence-corrected chi connectivity index (χ1v) is 7.66. The highest BCUT2D eigenvalue weighted by molar-refractivity contribution is 6.31. The molecule has 0 saturated heterocycles. The van der Waals surface area contributed by atoms with Gasteiger partial charge in [0.2, 0.25) is 5.91 Å². The van der Waals surface area contributed by atoms with E-state index in [1.54, 1.807) is 12.1 Å². The summed E-state index contributed by atoms with van der Waals surface area (Å²) in [7, 11) is 0. The molecule has 2 aromatic carbocycles. The van der Waals surface area contributed by atoms with Gasteiger partial charge in [0.1, 0.15) is 0 Å². The van der Waals surface area contributed by atoms with Crippen molar-refractivity contribution >= 4 is 29.2 Å². The van der Waals surface area contributed by atoms with E-state index in [4.69, 9.17) is 16.7 Å². The van der Waals surface area contributed by atoms with Gasteiger partial charge in [-0.2, -0.15) is 0 Å². The molecule has 4 nitrogen and oxygen atoms in total. The number of hydrogen-bond donors (Lipinski definition) is 2. The summed E-state index contributed by atoms with van der Waals surface area (Å²) in [6.45, 7) is 1.88. The zero-order chi connectivity index (χ0) is 16.8. The second-order valence-corrected chi connectivity index (χ2v) is 5.83. The van der Waals surface area contributed by atoms with E-state index in [1.165, 1.54) is 0 Å². The van der Waals surface area contributed by atoms with Gasteiger partial charge >= 0.3 is 5.97 Å². The number of aryl methyl sites for hydroxylation is 1. The number of rotatable bonds is 6. The van der Waals surface area contributed by atoms with Crippen molar-refractivity contribution in [2.75, 3.05) is 5.32 Å². The van der Waals surface area contributed by atoms with Gasteiger partial charge in [-0.05, 0) is 30.2 Å². The third kappa shape index (κ3) is 5.11. The lowest BCUT2D eigenvalue weighted by atomic mass is 9.92. The standard InChI is InChI=1S/C18H18ClNO3/c1-12-7-8-15(11-16(12)19)20-17(21)9-14(10-18(22)23)13-5-3-2-4-6-13/h2-8,11,14H,9-10H2,1H3,(H,20,21)(H,22,23)/t14-/m1/s1. The van der Waals surface area contributed by atoms with E-state index in [1.807, 2.05) is 43.3 Å². The van der Waals surface area contributed by atoms with Gasteiger partial charge in [0.05, 0.1) is 6.42 Å². The van der Waals surface area contributed by atoms with Crippen LogP contribution in [-0.2, 0) is 9.59 Å². The molecule has 0 bridgehead atoms. The highest BCUT2D eigenvalue weighted by Crippen LogP contribution is 2.25. The summed E-state index contributed by atoms with van der Waals surface area (Å²) in [5.74, 6) is -1.53. The number of aliphatic carboxylic acids is 1. The van der Waals surface area contributed by atoms with E-state index < -0.39 is 5.97 Å². The summed E-state index contributed by atoms with van der Waals surface area (Å²) in [5.41, 5.74) is 2.37.